The van der Waals surface area contributed by atoms with E-state index in [0.717, 1.165) is 12.5 Å². The molecule has 1 aliphatic carbocycles. The third-order valence-corrected chi connectivity index (χ3v) is 2.51. The van der Waals surface area contributed by atoms with Crippen molar-refractivity contribution in [1.29, 1.82) is 0 Å². The molecule has 0 aromatic heterocycles. The largest absolute Gasteiger partial charge is 0.385 e. The summed E-state index contributed by atoms with van der Waals surface area (Å²) in [7, 11) is 0. The lowest BCUT2D eigenvalue weighted by Crippen LogP contribution is -2.23. The second kappa shape index (κ2) is 2.72. The van der Waals surface area contributed by atoms with Gasteiger partial charge in [-0.25, -0.2) is 0 Å². The van der Waals surface area contributed by atoms with E-state index in [-0.39, 0.29) is 0 Å². The lowest BCUT2D eigenvalue weighted by atomic mass is 9.89. The van der Waals surface area contributed by atoms with Gasteiger partial charge in [-0.05, 0) is 36.8 Å². The van der Waals surface area contributed by atoms with Crippen molar-refractivity contribution in [2.45, 2.75) is 26.2 Å². The molecular weight excluding hydrogens is 134 g/mol. The average Bonchev–Trinajstić information content (AvgIpc) is 2.04. The first kappa shape index (κ1) is 6.96. The highest BCUT2D eigenvalue weighted by Gasteiger charge is 2.15. The van der Waals surface area contributed by atoms with Gasteiger partial charge < -0.3 is 5.32 Å². The predicted molar refractivity (Wildman–Crippen MR) is 47.2 cm³/mol. The van der Waals surface area contributed by atoms with E-state index in [1.165, 1.54) is 25.0 Å². The molecule has 0 radical (unpaired) electrons. The van der Waals surface area contributed by atoms with Crippen molar-refractivity contribution in [2.24, 2.45) is 5.92 Å². The van der Waals surface area contributed by atoms with Gasteiger partial charge in [0.2, 0.25) is 0 Å². The molecule has 60 valence electrons. The van der Waals surface area contributed by atoms with Crippen LogP contribution in [0.2, 0.25) is 0 Å². The van der Waals surface area contributed by atoms with E-state index in [1.807, 2.05) is 0 Å². The van der Waals surface area contributed by atoms with E-state index in [1.54, 1.807) is 5.57 Å². The summed E-state index contributed by atoms with van der Waals surface area (Å²) in [6.45, 7) is 3.45. The van der Waals surface area contributed by atoms with Crippen LogP contribution in [0.4, 0.5) is 0 Å². The second-order valence-electron chi connectivity index (χ2n) is 3.59. The van der Waals surface area contributed by atoms with Gasteiger partial charge in [0.25, 0.3) is 0 Å². The maximum Gasteiger partial charge on any atom is 0.0329 e. The molecule has 1 unspecified atom stereocenters. The Hall–Kier alpha value is -0.720. The Balaban J connectivity index is 2.20. The first-order chi connectivity index (χ1) is 5.36. The zero-order valence-corrected chi connectivity index (χ0v) is 7.06. The number of hydrogen-bond acceptors (Lipinski definition) is 1. The quantitative estimate of drug-likeness (QED) is 0.557. The van der Waals surface area contributed by atoms with Crippen LogP contribution in [-0.4, -0.2) is 6.54 Å². The normalized spacial score (nSPS) is 29.7. The van der Waals surface area contributed by atoms with E-state index in [0.29, 0.717) is 0 Å². The summed E-state index contributed by atoms with van der Waals surface area (Å²) in [5.41, 5.74) is 3.06. The van der Waals surface area contributed by atoms with E-state index in [4.69, 9.17) is 0 Å². The molecule has 0 saturated heterocycles. The van der Waals surface area contributed by atoms with Crippen molar-refractivity contribution >= 4 is 0 Å². The van der Waals surface area contributed by atoms with Gasteiger partial charge in [-0.3, -0.25) is 0 Å². The van der Waals surface area contributed by atoms with Gasteiger partial charge in [-0.15, -0.1) is 0 Å². The maximum atomic E-state index is 3.43. The molecule has 1 atom stereocenters. The number of rotatable bonds is 0. The standard InChI is InChI=1S/C10H15N/c1-8-4-5-10-9(7-8)3-2-6-11-10/h4-5,8,11H,2-3,6-7H2,1H3. The maximum absolute atomic E-state index is 3.43. The van der Waals surface area contributed by atoms with Crippen LogP contribution in [0.3, 0.4) is 0 Å². The molecule has 0 saturated carbocycles. The molecule has 1 nitrogen and oxygen atoms in total. The molecule has 1 aliphatic heterocycles. The molecule has 0 aromatic carbocycles. The van der Waals surface area contributed by atoms with Gasteiger partial charge in [-0.1, -0.05) is 13.0 Å². The summed E-state index contributed by atoms with van der Waals surface area (Å²) in [5, 5.41) is 3.43. The summed E-state index contributed by atoms with van der Waals surface area (Å²) in [6, 6.07) is 0. The zero-order valence-electron chi connectivity index (χ0n) is 7.06. The van der Waals surface area contributed by atoms with E-state index in [9.17, 15) is 0 Å². The Labute approximate surface area is 68.2 Å². The Morgan fingerprint density at radius 2 is 2.45 bits per heavy atom. The number of hydrogen-bond donors (Lipinski definition) is 1. The molecule has 0 aromatic rings. The molecule has 1 heterocycles. The van der Waals surface area contributed by atoms with Gasteiger partial charge in [-0.2, -0.15) is 0 Å². The van der Waals surface area contributed by atoms with Crippen molar-refractivity contribution in [3.63, 3.8) is 0 Å². The fraction of sp³-hybridized carbons (Fsp3) is 0.600. The smallest absolute Gasteiger partial charge is 0.0329 e. The Bertz CT molecular complexity index is 213. The molecule has 11 heavy (non-hydrogen) atoms. The Kier molecular flexibility index (Phi) is 1.72. The highest BCUT2D eigenvalue weighted by atomic mass is 14.9. The number of allylic oxidation sites excluding steroid dienone is 3. The topological polar surface area (TPSA) is 12.0 Å². The molecule has 2 rings (SSSR count). The Morgan fingerprint density at radius 3 is 3.36 bits per heavy atom. The molecule has 0 fully saturated rings. The van der Waals surface area contributed by atoms with Crippen LogP contribution in [0.15, 0.2) is 23.4 Å². The predicted octanol–water partition coefficient (Wildman–Crippen LogP) is 2.22. The minimum absolute atomic E-state index is 0.758. The van der Waals surface area contributed by atoms with Crippen molar-refractivity contribution in [2.75, 3.05) is 6.54 Å². The first-order valence-electron chi connectivity index (χ1n) is 4.50. The average molecular weight is 149 g/mol. The SMILES string of the molecule is CC1C=CC2=C(CCCN2)C1. The van der Waals surface area contributed by atoms with Crippen molar-refractivity contribution < 1.29 is 0 Å². The second-order valence-corrected chi connectivity index (χ2v) is 3.59. The molecular formula is C10H15N. The van der Waals surface area contributed by atoms with Crippen molar-refractivity contribution in [3.8, 4) is 0 Å². The number of nitrogens with one attached hydrogen (secondary N) is 1. The lowest BCUT2D eigenvalue weighted by Gasteiger charge is -2.25. The van der Waals surface area contributed by atoms with Crippen LogP contribution >= 0.6 is 0 Å². The Morgan fingerprint density at radius 1 is 1.55 bits per heavy atom. The lowest BCUT2D eigenvalue weighted by molar-refractivity contribution is 0.593. The fourth-order valence-corrected chi connectivity index (χ4v) is 1.89. The van der Waals surface area contributed by atoms with Gasteiger partial charge in [0.05, 0.1) is 0 Å². The van der Waals surface area contributed by atoms with Crippen LogP contribution in [-0.2, 0) is 0 Å². The summed E-state index contributed by atoms with van der Waals surface area (Å²) in [5.74, 6) is 0.758. The summed E-state index contributed by atoms with van der Waals surface area (Å²) < 4.78 is 0. The molecule has 1 N–H and O–H groups in total. The molecule has 1 heteroatoms. The van der Waals surface area contributed by atoms with Gasteiger partial charge in [0.1, 0.15) is 0 Å². The summed E-state index contributed by atoms with van der Waals surface area (Å²) in [6.07, 6.45) is 8.47. The van der Waals surface area contributed by atoms with Crippen molar-refractivity contribution in [3.05, 3.63) is 23.4 Å². The van der Waals surface area contributed by atoms with Crippen LogP contribution in [0, 0.1) is 5.92 Å². The summed E-state index contributed by atoms with van der Waals surface area (Å²) >= 11 is 0. The minimum atomic E-state index is 0.758. The van der Waals surface area contributed by atoms with E-state index < -0.39 is 0 Å². The minimum Gasteiger partial charge on any atom is -0.385 e. The van der Waals surface area contributed by atoms with Gasteiger partial charge in [0.15, 0.2) is 0 Å². The molecule has 0 spiro atoms. The zero-order chi connectivity index (χ0) is 7.68. The van der Waals surface area contributed by atoms with Crippen LogP contribution in [0.25, 0.3) is 0 Å². The monoisotopic (exact) mass is 149 g/mol. The van der Waals surface area contributed by atoms with Gasteiger partial charge in [0, 0.05) is 12.2 Å². The van der Waals surface area contributed by atoms with Crippen LogP contribution in [0.1, 0.15) is 26.2 Å². The van der Waals surface area contributed by atoms with Crippen LogP contribution in [0.5, 0.6) is 0 Å². The van der Waals surface area contributed by atoms with Crippen molar-refractivity contribution in [1.82, 2.24) is 5.32 Å². The molecule has 2 aliphatic rings. The first-order valence-corrected chi connectivity index (χ1v) is 4.50. The van der Waals surface area contributed by atoms with Crippen LogP contribution < -0.4 is 5.32 Å². The fourth-order valence-electron chi connectivity index (χ4n) is 1.89. The van der Waals surface area contributed by atoms with E-state index >= 15 is 0 Å². The molecule has 0 amide bonds. The highest BCUT2D eigenvalue weighted by Crippen LogP contribution is 2.27. The van der Waals surface area contributed by atoms with E-state index in [2.05, 4.69) is 24.4 Å². The third kappa shape index (κ3) is 1.32. The molecule has 0 bridgehead atoms. The summed E-state index contributed by atoms with van der Waals surface area (Å²) in [4.78, 5) is 0. The highest BCUT2D eigenvalue weighted by molar-refractivity contribution is 5.30. The third-order valence-electron chi connectivity index (χ3n) is 2.51. The van der Waals surface area contributed by atoms with Gasteiger partial charge >= 0.3 is 0 Å².